The number of nitrogens with one attached hydrogen (secondary N) is 1. The molecule has 9 nitrogen and oxygen atoms in total. The van der Waals surface area contributed by atoms with Crippen molar-refractivity contribution in [3.05, 3.63) is 53.8 Å². The summed E-state index contributed by atoms with van der Waals surface area (Å²) in [7, 11) is -2.94. The summed E-state index contributed by atoms with van der Waals surface area (Å²) in [4.78, 5) is 13.9. The number of rotatable bonds is 7. The molecule has 1 spiro atoms. The van der Waals surface area contributed by atoms with Crippen molar-refractivity contribution in [2.75, 3.05) is 55.7 Å². The van der Waals surface area contributed by atoms with Gasteiger partial charge in [-0.05, 0) is 67.3 Å². The van der Waals surface area contributed by atoms with Crippen molar-refractivity contribution in [1.29, 1.82) is 0 Å². The fourth-order valence-corrected chi connectivity index (χ4v) is 10.8. The second kappa shape index (κ2) is 10.7. The Morgan fingerprint density at radius 1 is 0.958 bits per heavy atom. The van der Waals surface area contributed by atoms with Gasteiger partial charge in [0.2, 0.25) is 0 Å². The van der Waals surface area contributed by atoms with E-state index in [2.05, 4.69) is 20.1 Å². The molecule has 252 valence electrons. The highest BCUT2D eigenvalue weighted by atomic mass is 32.2. The molecule has 1 aliphatic carbocycles. The Hall–Kier alpha value is -3.68. The van der Waals surface area contributed by atoms with Gasteiger partial charge in [0.25, 0.3) is 0 Å². The number of nitrogens with zero attached hydrogens (tertiary/aromatic N) is 4. The van der Waals surface area contributed by atoms with Gasteiger partial charge < -0.3 is 25.0 Å². The van der Waals surface area contributed by atoms with E-state index < -0.39 is 27.3 Å². The van der Waals surface area contributed by atoms with E-state index in [4.69, 9.17) is 9.72 Å². The maximum atomic E-state index is 16.7. The maximum Gasteiger partial charge on any atom is 0.319 e. The Bertz CT molecular complexity index is 2090. The molecule has 5 fully saturated rings. The number of hydrogen-bond donors (Lipinski definition) is 2. The first-order chi connectivity index (χ1) is 23.0. The summed E-state index contributed by atoms with van der Waals surface area (Å²) in [5, 5.41) is 14.7. The van der Waals surface area contributed by atoms with Crippen molar-refractivity contribution < 1.29 is 31.4 Å². The van der Waals surface area contributed by atoms with E-state index in [9.17, 15) is 17.9 Å². The number of aromatic hydroxyl groups is 1. The van der Waals surface area contributed by atoms with E-state index in [1.165, 1.54) is 24.3 Å². The third-order valence-electron chi connectivity index (χ3n) is 11.2. The molecule has 9 rings (SSSR count). The zero-order valence-corrected chi connectivity index (χ0v) is 27.1. The van der Waals surface area contributed by atoms with Gasteiger partial charge in [0, 0.05) is 72.0 Å². The van der Waals surface area contributed by atoms with Crippen LogP contribution in [0.1, 0.15) is 32.1 Å². The van der Waals surface area contributed by atoms with Gasteiger partial charge in [-0.1, -0.05) is 12.1 Å². The van der Waals surface area contributed by atoms with Gasteiger partial charge >= 0.3 is 6.01 Å². The van der Waals surface area contributed by atoms with Crippen molar-refractivity contribution >= 4 is 37.3 Å². The van der Waals surface area contributed by atoms with Gasteiger partial charge in [0.05, 0.1) is 18.1 Å². The van der Waals surface area contributed by atoms with Gasteiger partial charge in [-0.15, -0.1) is 0 Å². The molecule has 2 atom stereocenters. The minimum absolute atomic E-state index is 0.00339. The minimum atomic E-state index is -2.94. The van der Waals surface area contributed by atoms with Crippen LogP contribution in [0.25, 0.3) is 32.8 Å². The summed E-state index contributed by atoms with van der Waals surface area (Å²) in [6.07, 6.45) is 4.74. The predicted octanol–water partition coefficient (Wildman–Crippen LogP) is 4.79. The largest absolute Gasteiger partial charge is 0.508 e. The first-order valence-corrected chi connectivity index (χ1v) is 18.5. The van der Waals surface area contributed by atoms with Crippen molar-refractivity contribution in [2.24, 2.45) is 10.8 Å². The normalized spacial score (nSPS) is 25.2. The lowest BCUT2D eigenvalue weighted by molar-refractivity contribution is -0.00119. The van der Waals surface area contributed by atoms with E-state index in [0.717, 1.165) is 57.8 Å². The summed E-state index contributed by atoms with van der Waals surface area (Å²) >= 11 is 0. The molecule has 5 aliphatic rings. The van der Waals surface area contributed by atoms with Crippen LogP contribution in [-0.4, -0.2) is 91.3 Å². The standard InChI is InChI=1S/C35H36F3N5O4S/c36-27-6-1-20-11-23(44)12-26(28(20)30(27)38)24-4-5-25-31(29(24)37)40-33(41-32(25)43-13-21-2-3-22(14-43)39-21)47-18-34(7-8-34)15-42-16-35(17-42)9-10-48(45,46)19-35/h1,4-6,11-12,21-22,39,44H,2-3,7-10,13-19H2. The molecule has 5 heterocycles. The van der Waals surface area contributed by atoms with Gasteiger partial charge in [-0.3, -0.25) is 0 Å². The number of phenols is 1. The van der Waals surface area contributed by atoms with Gasteiger partial charge in [0.15, 0.2) is 27.3 Å². The zero-order chi connectivity index (χ0) is 33.0. The Kier molecular flexibility index (Phi) is 6.75. The van der Waals surface area contributed by atoms with E-state index in [0.29, 0.717) is 43.0 Å². The number of likely N-dealkylation sites (tertiary alicyclic amines) is 1. The number of fused-ring (bicyclic) bond motifs is 4. The van der Waals surface area contributed by atoms with Crippen LogP contribution in [0.3, 0.4) is 0 Å². The first-order valence-electron chi connectivity index (χ1n) is 16.7. The molecule has 1 aromatic heterocycles. The van der Waals surface area contributed by atoms with E-state index >= 15 is 8.78 Å². The summed E-state index contributed by atoms with van der Waals surface area (Å²) in [5.74, 6) is -2.03. The topological polar surface area (TPSA) is 108 Å². The number of phenolic OH excluding ortho intramolecular Hbond substituents is 1. The second-order valence-electron chi connectivity index (χ2n) is 14.9. The number of hydrogen-bond acceptors (Lipinski definition) is 9. The Labute approximate surface area is 276 Å². The Morgan fingerprint density at radius 3 is 2.44 bits per heavy atom. The van der Waals surface area contributed by atoms with Crippen LogP contribution in [-0.2, 0) is 9.84 Å². The number of sulfone groups is 1. The molecule has 48 heavy (non-hydrogen) atoms. The molecule has 2 N–H and O–H groups in total. The maximum absolute atomic E-state index is 16.7. The van der Waals surface area contributed by atoms with Crippen LogP contribution in [0.2, 0.25) is 0 Å². The van der Waals surface area contributed by atoms with Crippen LogP contribution in [0, 0.1) is 28.3 Å². The Balaban J connectivity index is 1.06. The summed E-state index contributed by atoms with van der Waals surface area (Å²) in [6, 6.07) is 8.73. The SMILES string of the molecule is O=S1(=O)CCC2(CN(CC3(COc4nc(N5CC6CCC(C5)N6)c5ccc(-c6cc(O)cc7ccc(F)c(F)c67)c(F)c5n4)CC3)C2)C1. The Morgan fingerprint density at radius 2 is 1.73 bits per heavy atom. The molecule has 4 aromatic rings. The lowest BCUT2D eigenvalue weighted by Crippen LogP contribution is -2.58. The molecule has 1 saturated carbocycles. The number of benzene rings is 3. The minimum Gasteiger partial charge on any atom is -0.508 e. The average molecular weight is 680 g/mol. The predicted molar refractivity (Wildman–Crippen MR) is 175 cm³/mol. The lowest BCUT2D eigenvalue weighted by atomic mass is 9.79. The fourth-order valence-electron chi connectivity index (χ4n) is 8.67. The van der Waals surface area contributed by atoms with E-state index in [-0.39, 0.29) is 61.5 Å². The highest BCUT2D eigenvalue weighted by molar-refractivity contribution is 7.91. The van der Waals surface area contributed by atoms with Gasteiger partial charge in [-0.2, -0.15) is 9.97 Å². The number of piperazine rings is 1. The number of aromatic nitrogens is 2. The third-order valence-corrected chi connectivity index (χ3v) is 13.1. The zero-order valence-electron chi connectivity index (χ0n) is 26.3. The van der Waals surface area contributed by atoms with Crippen LogP contribution in [0.4, 0.5) is 19.0 Å². The fraction of sp³-hybridized carbons (Fsp3) is 0.486. The van der Waals surface area contributed by atoms with Crippen LogP contribution < -0.4 is 15.0 Å². The number of ether oxygens (including phenoxy) is 1. The molecule has 4 aliphatic heterocycles. The monoisotopic (exact) mass is 679 g/mol. The van der Waals surface area contributed by atoms with Crippen LogP contribution in [0.5, 0.6) is 11.8 Å². The quantitative estimate of drug-likeness (QED) is 0.285. The summed E-state index contributed by atoms with van der Waals surface area (Å²) in [5.41, 5.74) is -0.219. The summed E-state index contributed by atoms with van der Waals surface area (Å²) in [6.45, 7) is 4.08. The summed E-state index contributed by atoms with van der Waals surface area (Å²) < 4.78 is 76.7. The third kappa shape index (κ3) is 5.16. The number of anilines is 1. The second-order valence-corrected chi connectivity index (χ2v) is 17.1. The van der Waals surface area contributed by atoms with Crippen molar-refractivity contribution in [3.8, 4) is 22.9 Å². The average Bonchev–Trinajstić information content (AvgIpc) is 3.61. The molecule has 13 heteroatoms. The molecule has 0 radical (unpaired) electrons. The molecular formula is C35H36F3N5O4S. The van der Waals surface area contributed by atoms with E-state index in [1.807, 2.05) is 0 Å². The van der Waals surface area contributed by atoms with Crippen molar-refractivity contribution in [2.45, 2.75) is 44.2 Å². The molecule has 4 saturated heterocycles. The van der Waals surface area contributed by atoms with Crippen molar-refractivity contribution in [1.82, 2.24) is 20.2 Å². The number of halogens is 3. The molecule has 2 unspecified atom stereocenters. The van der Waals surface area contributed by atoms with Crippen LogP contribution in [0.15, 0.2) is 36.4 Å². The van der Waals surface area contributed by atoms with Crippen LogP contribution >= 0.6 is 0 Å². The molecule has 0 amide bonds. The molecular weight excluding hydrogens is 643 g/mol. The smallest absolute Gasteiger partial charge is 0.319 e. The molecule has 3 aromatic carbocycles. The van der Waals surface area contributed by atoms with Crippen molar-refractivity contribution in [3.63, 3.8) is 0 Å². The highest BCUT2D eigenvalue weighted by Crippen LogP contribution is 2.50. The molecule has 2 bridgehead atoms. The lowest BCUT2D eigenvalue weighted by Gasteiger charge is -2.48. The van der Waals surface area contributed by atoms with E-state index in [1.54, 1.807) is 6.07 Å². The highest BCUT2D eigenvalue weighted by Gasteiger charge is 2.54. The van der Waals surface area contributed by atoms with Gasteiger partial charge in [0.1, 0.15) is 17.1 Å². The first kappa shape index (κ1) is 30.4. The van der Waals surface area contributed by atoms with Gasteiger partial charge in [-0.25, -0.2) is 21.6 Å².